The monoisotopic (exact) mass is 234 g/mol. The smallest absolute Gasteiger partial charge is 0.312 e. The van der Waals surface area contributed by atoms with Crippen molar-refractivity contribution in [2.45, 2.75) is 13.1 Å². The highest BCUT2D eigenvalue weighted by Gasteiger charge is 1.96. The number of rotatable bonds is 1. The fourth-order valence-corrected chi connectivity index (χ4v) is 0.877. The average Bonchev–Trinajstić information content (AvgIpc) is 2.00. The van der Waals surface area contributed by atoms with Gasteiger partial charge >= 0.3 is 10.4 Å². The van der Waals surface area contributed by atoms with Crippen LogP contribution < -0.4 is 11.5 Å². The highest BCUT2D eigenvalue weighted by atomic mass is 32.3. The molecule has 7 heteroatoms. The van der Waals surface area contributed by atoms with E-state index in [9.17, 15) is 0 Å². The first-order valence-electron chi connectivity index (χ1n) is 3.98. The Morgan fingerprint density at radius 3 is 2.00 bits per heavy atom. The van der Waals surface area contributed by atoms with Gasteiger partial charge in [0, 0.05) is 0 Å². The summed E-state index contributed by atoms with van der Waals surface area (Å²) in [6.45, 7) is 2.02. The molecule has 86 valence electrons. The highest BCUT2D eigenvalue weighted by Crippen LogP contribution is 2.06. The van der Waals surface area contributed by atoms with Gasteiger partial charge in [0.2, 0.25) is 0 Å². The highest BCUT2D eigenvalue weighted by molar-refractivity contribution is 7.79. The lowest BCUT2D eigenvalue weighted by Crippen LogP contribution is -2.19. The summed E-state index contributed by atoms with van der Waals surface area (Å²) >= 11 is 0. The van der Waals surface area contributed by atoms with Crippen molar-refractivity contribution in [2.24, 2.45) is 11.5 Å². The van der Waals surface area contributed by atoms with Crippen LogP contribution in [0, 0.1) is 6.92 Å². The summed E-state index contributed by atoms with van der Waals surface area (Å²) in [5, 5.41) is 0. The van der Waals surface area contributed by atoms with Crippen molar-refractivity contribution in [3.8, 4) is 0 Å². The van der Waals surface area contributed by atoms with Crippen LogP contribution in [0.5, 0.6) is 0 Å². The molecule has 0 radical (unpaired) electrons. The SMILES string of the molecule is Cc1cccc(C(N)N)c1.O=S(=O)(O)O. The van der Waals surface area contributed by atoms with Gasteiger partial charge in [0.05, 0.1) is 6.17 Å². The molecule has 6 nitrogen and oxygen atoms in total. The van der Waals surface area contributed by atoms with E-state index in [1.54, 1.807) is 0 Å². The lowest BCUT2D eigenvalue weighted by atomic mass is 10.1. The molecule has 15 heavy (non-hydrogen) atoms. The topological polar surface area (TPSA) is 127 Å². The predicted molar refractivity (Wildman–Crippen MR) is 56.5 cm³/mol. The van der Waals surface area contributed by atoms with E-state index in [0.29, 0.717) is 0 Å². The molecule has 0 heterocycles. The molecule has 0 aliphatic carbocycles. The first kappa shape index (κ1) is 14.0. The molecule has 0 saturated carbocycles. The summed E-state index contributed by atoms with van der Waals surface area (Å²) in [7, 11) is -4.67. The van der Waals surface area contributed by atoms with Crippen LogP contribution in [0.2, 0.25) is 0 Å². The minimum Gasteiger partial charge on any atom is -0.312 e. The van der Waals surface area contributed by atoms with Gasteiger partial charge in [-0.3, -0.25) is 9.11 Å². The van der Waals surface area contributed by atoms with E-state index in [1.165, 1.54) is 5.56 Å². The molecule has 1 aromatic carbocycles. The Morgan fingerprint density at radius 1 is 1.27 bits per heavy atom. The van der Waals surface area contributed by atoms with Crippen LogP contribution in [0.4, 0.5) is 0 Å². The third kappa shape index (κ3) is 9.32. The molecule has 6 N–H and O–H groups in total. The van der Waals surface area contributed by atoms with Gasteiger partial charge in [0.25, 0.3) is 0 Å². The van der Waals surface area contributed by atoms with Crippen LogP contribution in [0.1, 0.15) is 17.3 Å². The number of aryl methyl sites for hydroxylation is 1. The van der Waals surface area contributed by atoms with Crippen molar-refractivity contribution in [3.63, 3.8) is 0 Å². The minimum atomic E-state index is -4.67. The first-order chi connectivity index (χ1) is 6.70. The fourth-order valence-electron chi connectivity index (χ4n) is 0.877. The van der Waals surface area contributed by atoms with E-state index < -0.39 is 10.4 Å². The van der Waals surface area contributed by atoms with Gasteiger partial charge in [-0.2, -0.15) is 8.42 Å². The van der Waals surface area contributed by atoms with E-state index in [4.69, 9.17) is 29.0 Å². The largest absolute Gasteiger partial charge is 0.394 e. The molecule has 0 fully saturated rings. The van der Waals surface area contributed by atoms with E-state index >= 15 is 0 Å². The zero-order valence-electron chi connectivity index (χ0n) is 8.16. The first-order valence-corrected chi connectivity index (χ1v) is 5.37. The Kier molecular flexibility index (Phi) is 5.40. The molecular formula is C8H14N2O4S. The lowest BCUT2D eigenvalue weighted by Gasteiger charge is -2.04. The van der Waals surface area contributed by atoms with Gasteiger partial charge in [0.1, 0.15) is 0 Å². The summed E-state index contributed by atoms with van der Waals surface area (Å²) in [4.78, 5) is 0. The molecule has 0 bridgehead atoms. The van der Waals surface area contributed by atoms with Gasteiger partial charge in [-0.15, -0.1) is 0 Å². The second-order valence-corrected chi connectivity index (χ2v) is 3.78. The van der Waals surface area contributed by atoms with Crippen molar-refractivity contribution in [1.82, 2.24) is 0 Å². The molecule has 0 spiro atoms. The Bertz CT molecular complexity index is 395. The maximum atomic E-state index is 8.74. The fraction of sp³-hybridized carbons (Fsp3) is 0.250. The molecule has 1 aromatic rings. The third-order valence-electron chi connectivity index (χ3n) is 1.43. The van der Waals surface area contributed by atoms with Crippen LogP contribution >= 0.6 is 0 Å². The second-order valence-electron chi connectivity index (χ2n) is 2.89. The zero-order chi connectivity index (χ0) is 12.1. The summed E-state index contributed by atoms with van der Waals surface area (Å²) in [5.74, 6) is 0. The maximum absolute atomic E-state index is 8.74. The van der Waals surface area contributed by atoms with Crippen LogP contribution in [0.3, 0.4) is 0 Å². The number of nitrogens with two attached hydrogens (primary N) is 2. The number of hydrogen-bond donors (Lipinski definition) is 4. The molecule has 0 saturated heterocycles. The number of benzene rings is 1. The molecule has 0 amide bonds. The Labute approximate surface area is 88.5 Å². The minimum absolute atomic E-state index is 0.347. The van der Waals surface area contributed by atoms with Crippen molar-refractivity contribution < 1.29 is 17.5 Å². The van der Waals surface area contributed by atoms with E-state index in [0.717, 1.165) is 5.56 Å². The van der Waals surface area contributed by atoms with Crippen LogP contribution in [0.25, 0.3) is 0 Å². The molecule has 0 aromatic heterocycles. The summed E-state index contributed by atoms with van der Waals surface area (Å²) in [5.41, 5.74) is 13.1. The molecule has 0 aliphatic heterocycles. The predicted octanol–water partition coefficient (Wildman–Crippen LogP) is 0.258. The third-order valence-corrected chi connectivity index (χ3v) is 1.43. The quantitative estimate of drug-likeness (QED) is 0.407. The molecule has 1 rings (SSSR count). The standard InChI is InChI=1S/C8H12N2.H2O4S/c1-6-3-2-4-7(5-6)8(9)10;1-5(2,3)4/h2-5,8H,9-10H2,1H3;(H2,1,2,3,4). The molecule has 0 atom stereocenters. The average molecular weight is 234 g/mol. The lowest BCUT2D eigenvalue weighted by molar-refractivity contribution is 0.381. The van der Waals surface area contributed by atoms with Gasteiger partial charge in [-0.1, -0.05) is 29.8 Å². The second kappa shape index (κ2) is 5.79. The van der Waals surface area contributed by atoms with Crippen molar-refractivity contribution in [1.29, 1.82) is 0 Å². The van der Waals surface area contributed by atoms with Crippen molar-refractivity contribution in [3.05, 3.63) is 35.4 Å². The van der Waals surface area contributed by atoms with Gasteiger partial charge in [0.15, 0.2) is 0 Å². The zero-order valence-corrected chi connectivity index (χ0v) is 8.98. The number of hydrogen-bond acceptors (Lipinski definition) is 4. The Balaban J connectivity index is 0.000000336. The van der Waals surface area contributed by atoms with Crippen LogP contribution in [0.15, 0.2) is 24.3 Å². The van der Waals surface area contributed by atoms with Gasteiger partial charge in [-0.25, -0.2) is 0 Å². The summed E-state index contributed by atoms with van der Waals surface area (Å²) in [6.07, 6.45) is -0.347. The van der Waals surface area contributed by atoms with E-state index in [2.05, 4.69) is 0 Å². The summed E-state index contributed by atoms with van der Waals surface area (Å²) < 4.78 is 31.6. The van der Waals surface area contributed by atoms with Crippen LogP contribution in [-0.4, -0.2) is 17.5 Å². The van der Waals surface area contributed by atoms with Crippen molar-refractivity contribution in [2.75, 3.05) is 0 Å². The Morgan fingerprint density at radius 2 is 1.73 bits per heavy atom. The normalized spacial score (nSPS) is 10.8. The van der Waals surface area contributed by atoms with E-state index in [1.807, 2.05) is 31.2 Å². The maximum Gasteiger partial charge on any atom is 0.394 e. The van der Waals surface area contributed by atoms with Gasteiger partial charge in [-0.05, 0) is 12.5 Å². The van der Waals surface area contributed by atoms with Gasteiger partial charge < -0.3 is 11.5 Å². The summed E-state index contributed by atoms with van der Waals surface area (Å²) in [6, 6.07) is 7.89. The van der Waals surface area contributed by atoms with E-state index in [-0.39, 0.29) is 6.17 Å². The molecular weight excluding hydrogens is 220 g/mol. The molecule has 0 unspecified atom stereocenters. The van der Waals surface area contributed by atoms with Crippen LogP contribution in [-0.2, 0) is 10.4 Å². The van der Waals surface area contributed by atoms with Crippen molar-refractivity contribution >= 4 is 10.4 Å². The Hall–Kier alpha value is -0.990. The molecule has 0 aliphatic rings.